The molecule has 1 atom stereocenters. The summed E-state index contributed by atoms with van der Waals surface area (Å²) in [6, 6.07) is 0. The van der Waals surface area contributed by atoms with Crippen molar-refractivity contribution >= 4 is 47.7 Å². The SMILES string of the molecule is C=CC1=C(C)C(/C=c2\[nH]/c(=C\c3[nH]c(/C=C4\NC(=O)[C@@H](C)\C4=C\C)c(C)c3CCC(=O)O)c(CCC(=O)O)c2C)=NC1=O. The number of hydrogen-bond acceptors (Lipinski definition) is 4. The number of nitrogens with zero attached hydrogens (tertiary/aromatic N) is 1. The second kappa shape index (κ2) is 12.5. The van der Waals surface area contributed by atoms with Gasteiger partial charge in [0.1, 0.15) is 0 Å². The van der Waals surface area contributed by atoms with Crippen molar-refractivity contribution in [3.63, 3.8) is 0 Å². The summed E-state index contributed by atoms with van der Waals surface area (Å²) in [6.07, 6.45) is 9.23. The van der Waals surface area contributed by atoms with Gasteiger partial charge < -0.3 is 25.5 Å². The lowest BCUT2D eigenvalue weighted by atomic mass is 10.00. The van der Waals surface area contributed by atoms with Crippen LogP contribution in [0.15, 0.2) is 46.1 Å². The Balaban J connectivity index is 1.91. The van der Waals surface area contributed by atoms with Crippen LogP contribution in [0.1, 0.15) is 67.3 Å². The molecule has 0 aromatic carbocycles. The first kappa shape index (κ1) is 31.0. The van der Waals surface area contributed by atoms with Crippen molar-refractivity contribution in [1.82, 2.24) is 15.3 Å². The molecule has 0 radical (unpaired) electrons. The largest absolute Gasteiger partial charge is 0.481 e. The fourth-order valence-electron chi connectivity index (χ4n) is 5.57. The number of aliphatic imine (C=N–C) groups is 1. The van der Waals surface area contributed by atoms with Crippen LogP contribution in [0.2, 0.25) is 0 Å². The quantitative estimate of drug-likeness (QED) is 0.288. The zero-order valence-corrected chi connectivity index (χ0v) is 25.0. The first-order valence-electron chi connectivity index (χ1n) is 14.1. The fourth-order valence-corrected chi connectivity index (χ4v) is 5.57. The molecule has 1 saturated heterocycles. The van der Waals surface area contributed by atoms with E-state index in [1.165, 1.54) is 6.08 Å². The number of aromatic nitrogens is 2. The van der Waals surface area contributed by atoms with Crippen LogP contribution in [0.4, 0.5) is 0 Å². The Morgan fingerprint density at radius 2 is 1.56 bits per heavy atom. The molecule has 4 heterocycles. The van der Waals surface area contributed by atoms with Gasteiger partial charge in [-0.1, -0.05) is 18.7 Å². The standard InChI is InChI=1S/C33H36N4O6/c1-7-20-19(6)32(42)37-27(20)14-25-18(5)23(10-12-31(40)41)29(35-25)15-28-22(9-11-30(38)39)17(4)24(34-28)13-26-16(3)21(8-2)33(43)36-26/h7-8,13-15,19,34-35H,2,9-12H2,1,3-6H3,(H,37,42)(H,38,39)(H,40,41)/b20-7-,24-13-,27-14-,28-15-/t19-/m0/s1. The second-order valence-electron chi connectivity index (χ2n) is 10.7. The van der Waals surface area contributed by atoms with Gasteiger partial charge in [-0.05, 0) is 99.1 Å². The molecule has 2 aliphatic heterocycles. The topological polar surface area (TPSA) is 165 Å². The molecule has 0 aliphatic carbocycles. The summed E-state index contributed by atoms with van der Waals surface area (Å²) in [7, 11) is 0. The van der Waals surface area contributed by atoms with Crippen LogP contribution in [0.3, 0.4) is 0 Å². The number of carbonyl (C=O) groups is 4. The summed E-state index contributed by atoms with van der Waals surface area (Å²) in [6.45, 7) is 13.0. The summed E-state index contributed by atoms with van der Waals surface area (Å²) in [5, 5.41) is 23.1. The zero-order chi connectivity index (χ0) is 31.6. The van der Waals surface area contributed by atoms with Gasteiger partial charge in [0.25, 0.3) is 5.91 Å². The maximum Gasteiger partial charge on any atom is 0.303 e. The number of carboxylic acids is 2. The van der Waals surface area contributed by atoms with E-state index in [9.17, 15) is 29.4 Å². The van der Waals surface area contributed by atoms with Gasteiger partial charge in [0, 0.05) is 46.2 Å². The minimum absolute atomic E-state index is 0.0802. The molecule has 224 valence electrons. The maximum absolute atomic E-state index is 12.3. The van der Waals surface area contributed by atoms with Crippen molar-refractivity contribution in [3.8, 4) is 0 Å². The first-order valence-corrected chi connectivity index (χ1v) is 14.1. The molecule has 2 aliphatic rings. The van der Waals surface area contributed by atoms with E-state index in [1.54, 1.807) is 13.0 Å². The Hall–Kier alpha value is -4.99. The molecular weight excluding hydrogens is 548 g/mol. The predicted molar refractivity (Wildman–Crippen MR) is 165 cm³/mol. The van der Waals surface area contributed by atoms with E-state index in [2.05, 4.69) is 26.9 Å². The molecule has 4 rings (SSSR count). The summed E-state index contributed by atoms with van der Waals surface area (Å²) >= 11 is 0. The van der Waals surface area contributed by atoms with Gasteiger partial charge in [0.2, 0.25) is 5.91 Å². The number of aliphatic carboxylic acids is 2. The van der Waals surface area contributed by atoms with Crippen LogP contribution in [0.25, 0.3) is 18.2 Å². The normalized spacial score (nSPS) is 19.7. The Morgan fingerprint density at radius 1 is 0.907 bits per heavy atom. The number of carboxylic acid groups (broad SMARTS) is 2. The molecule has 0 unspecified atom stereocenters. The van der Waals surface area contributed by atoms with Crippen LogP contribution in [-0.4, -0.2) is 49.6 Å². The number of nitrogens with one attached hydrogen (secondary N) is 3. The van der Waals surface area contributed by atoms with Crippen molar-refractivity contribution in [2.45, 2.75) is 60.3 Å². The van der Waals surface area contributed by atoms with Gasteiger partial charge in [0.15, 0.2) is 0 Å². The number of aromatic amines is 2. The van der Waals surface area contributed by atoms with Crippen LogP contribution < -0.4 is 16.0 Å². The lowest BCUT2D eigenvalue weighted by Gasteiger charge is -2.03. The molecule has 10 nitrogen and oxygen atoms in total. The summed E-state index contributed by atoms with van der Waals surface area (Å²) in [5.41, 5.74) is 7.87. The van der Waals surface area contributed by atoms with Crippen LogP contribution in [-0.2, 0) is 32.0 Å². The van der Waals surface area contributed by atoms with Crippen LogP contribution >= 0.6 is 0 Å². The number of allylic oxidation sites excluding steroid dienone is 3. The lowest BCUT2D eigenvalue weighted by molar-refractivity contribution is -0.138. The average Bonchev–Trinajstić information content (AvgIpc) is 3.59. The van der Waals surface area contributed by atoms with Gasteiger partial charge >= 0.3 is 11.9 Å². The maximum atomic E-state index is 12.3. The van der Waals surface area contributed by atoms with E-state index in [4.69, 9.17) is 0 Å². The van der Waals surface area contributed by atoms with E-state index in [1.807, 2.05) is 45.9 Å². The van der Waals surface area contributed by atoms with E-state index < -0.39 is 11.9 Å². The van der Waals surface area contributed by atoms with E-state index in [0.29, 0.717) is 38.9 Å². The van der Waals surface area contributed by atoms with Crippen molar-refractivity contribution in [1.29, 1.82) is 0 Å². The molecule has 2 aromatic heterocycles. The number of rotatable bonds is 10. The number of carbonyl (C=O) groups excluding carboxylic acids is 2. The second-order valence-corrected chi connectivity index (χ2v) is 10.7. The molecule has 2 amide bonds. The van der Waals surface area contributed by atoms with Crippen molar-refractivity contribution in [2.24, 2.45) is 10.9 Å². The highest BCUT2D eigenvalue weighted by atomic mass is 16.4. The van der Waals surface area contributed by atoms with E-state index in [0.717, 1.165) is 33.5 Å². The summed E-state index contributed by atoms with van der Waals surface area (Å²) in [5.74, 6) is -2.59. The average molecular weight is 585 g/mol. The van der Waals surface area contributed by atoms with Crippen molar-refractivity contribution < 1.29 is 29.4 Å². The van der Waals surface area contributed by atoms with Crippen LogP contribution in [0, 0.1) is 19.8 Å². The van der Waals surface area contributed by atoms with Gasteiger partial charge in [-0.2, -0.15) is 0 Å². The molecule has 43 heavy (non-hydrogen) atoms. The highest BCUT2D eigenvalue weighted by Gasteiger charge is 2.29. The lowest BCUT2D eigenvalue weighted by Crippen LogP contribution is -2.16. The third-order valence-corrected chi connectivity index (χ3v) is 8.12. The Kier molecular flexibility index (Phi) is 8.99. The zero-order valence-electron chi connectivity index (χ0n) is 25.0. The van der Waals surface area contributed by atoms with Crippen molar-refractivity contribution in [2.75, 3.05) is 0 Å². The van der Waals surface area contributed by atoms with E-state index >= 15 is 0 Å². The van der Waals surface area contributed by atoms with Gasteiger partial charge in [-0.15, -0.1) is 0 Å². The molecule has 5 N–H and O–H groups in total. The fraction of sp³-hybridized carbons (Fsp3) is 0.303. The Bertz CT molecular complexity index is 1810. The summed E-state index contributed by atoms with van der Waals surface area (Å²) < 4.78 is 0. The molecule has 10 heteroatoms. The van der Waals surface area contributed by atoms with Crippen molar-refractivity contribution in [3.05, 3.63) is 85.5 Å². The molecule has 0 bridgehead atoms. The minimum atomic E-state index is -0.934. The Morgan fingerprint density at radius 3 is 2.14 bits per heavy atom. The molecular formula is C33H36N4O6. The smallest absolute Gasteiger partial charge is 0.303 e. The molecule has 0 saturated carbocycles. The monoisotopic (exact) mass is 584 g/mol. The Labute approximate surface area is 249 Å². The number of hydrogen-bond donors (Lipinski definition) is 5. The third-order valence-electron chi connectivity index (χ3n) is 8.12. The number of amides is 2. The molecule has 0 spiro atoms. The minimum Gasteiger partial charge on any atom is -0.481 e. The van der Waals surface area contributed by atoms with Crippen LogP contribution in [0.5, 0.6) is 0 Å². The van der Waals surface area contributed by atoms with Gasteiger partial charge in [-0.3, -0.25) is 19.2 Å². The summed E-state index contributed by atoms with van der Waals surface area (Å²) in [4.78, 5) is 58.6. The van der Waals surface area contributed by atoms with Gasteiger partial charge in [-0.25, -0.2) is 4.99 Å². The predicted octanol–water partition coefficient (Wildman–Crippen LogP) is 3.14. The third kappa shape index (κ3) is 6.28. The molecule has 2 aromatic rings. The highest BCUT2D eigenvalue weighted by Crippen LogP contribution is 2.29. The first-order chi connectivity index (χ1) is 20.4. The highest BCUT2D eigenvalue weighted by molar-refractivity contribution is 6.31. The molecule has 1 fully saturated rings. The number of H-pyrrole nitrogens is 2. The van der Waals surface area contributed by atoms with E-state index in [-0.39, 0.29) is 43.4 Å². The van der Waals surface area contributed by atoms with Gasteiger partial charge in [0.05, 0.1) is 11.6 Å².